The first-order valence-corrected chi connectivity index (χ1v) is 7.19. The van der Waals surface area contributed by atoms with Crippen LogP contribution in [0.2, 0.25) is 0 Å². The van der Waals surface area contributed by atoms with Gasteiger partial charge in [-0.25, -0.2) is 0 Å². The summed E-state index contributed by atoms with van der Waals surface area (Å²) < 4.78 is 5.76. The molecule has 3 fully saturated rings. The Balaban J connectivity index is 1.96. The molecule has 2 saturated carbocycles. The Morgan fingerprint density at radius 1 is 1.18 bits per heavy atom. The van der Waals surface area contributed by atoms with E-state index in [0.29, 0.717) is 23.4 Å². The lowest BCUT2D eigenvalue weighted by Crippen LogP contribution is -2.55. The third-order valence-electron chi connectivity index (χ3n) is 6.26. The molecule has 2 nitrogen and oxygen atoms in total. The molecule has 3 aliphatic rings. The van der Waals surface area contributed by atoms with E-state index in [1.54, 1.807) is 0 Å². The molecule has 1 N–H and O–H groups in total. The summed E-state index contributed by atoms with van der Waals surface area (Å²) in [6.45, 7) is 8.47. The van der Waals surface area contributed by atoms with Crippen molar-refractivity contribution in [3.8, 4) is 0 Å². The summed E-state index contributed by atoms with van der Waals surface area (Å²) in [5.74, 6) is 1.13. The SMILES string of the molecule is CC1(C)CCC[C@@]2(C)C1CC[C@]1(CO1)[C@@H]2CO. The van der Waals surface area contributed by atoms with Crippen LogP contribution in [0.4, 0.5) is 0 Å². The van der Waals surface area contributed by atoms with E-state index in [2.05, 4.69) is 20.8 Å². The second-order valence-electron chi connectivity index (χ2n) is 7.53. The molecule has 1 saturated heterocycles. The quantitative estimate of drug-likeness (QED) is 0.712. The fraction of sp³-hybridized carbons (Fsp3) is 1.00. The molecule has 0 amide bonds. The first-order valence-electron chi connectivity index (χ1n) is 7.19. The van der Waals surface area contributed by atoms with Crippen LogP contribution < -0.4 is 0 Å². The van der Waals surface area contributed by atoms with Crippen LogP contribution in [0.5, 0.6) is 0 Å². The Bertz CT molecular complexity index is 313. The Hall–Kier alpha value is -0.0800. The van der Waals surface area contributed by atoms with Crippen molar-refractivity contribution in [1.29, 1.82) is 0 Å². The van der Waals surface area contributed by atoms with Crippen molar-refractivity contribution in [2.24, 2.45) is 22.7 Å². The van der Waals surface area contributed by atoms with Gasteiger partial charge in [0.05, 0.1) is 12.2 Å². The molecule has 2 aliphatic carbocycles. The highest BCUT2D eigenvalue weighted by Crippen LogP contribution is 2.65. The van der Waals surface area contributed by atoms with Gasteiger partial charge in [0.25, 0.3) is 0 Å². The molecular weight excluding hydrogens is 212 g/mol. The molecule has 1 heterocycles. The van der Waals surface area contributed by atoms with E-state index in [-0.39, 0.29) is 5.60 Å². The molecule has 17 heavy (non-hydrogen) atoms. The van der Waals surface area contributed by atoms with Gasteiger partial charge in [0.2, 0.25) is 0 Å². The zero-order chi connectivity index (χ0) is 12.3. The highest BCUT2D eigenvalue weighted by atomic mass is 16.6. The zero-order valence-corrected chi connectivity index (χ0v) is 11.5. The van der Waals surface area contributed by atoms with E-state index in [1.807, 2.05) is 0 Å². The highest BCUT2D eigenvalue weighted by molar-refractivity contribution is 5.13. The molecule has 0 radical (unpaired) electrons. The maximum absolute atomic E-state index is 9.86. The smallest absolute Gasteiger partial charge is 0.0971 e. The number of rotatable bonds is 1. The normalized spacial score (nSPS) is 52.2. The van der Waals surface area contributed by atoms with E-state index < -0.39 is 0 Å². The van der Waals surface area contributed by atoms with Gasteiger partial charge in [-0.2, -0.15) is 0 Å². The molecule has 1 aliphatic heterocycles. The van der Waals surface area contributed by atoms with Gasteiger partial charge in [-0.15, -0.1) is 0 Å². The summed E-state index contributed by atoms with van der Waals surface area (Å²) in [6.07, 6.45) is 6.39. The fourth-order valence-corrected chi connectivity index (χ4v) is 5.28. The second kappa shape index (κ2) is 3.48. The number of aliphatic hydroxyl groups is 1. The Morgan fingerprint density at radius 3 is 2.47 bits per heavy atom. The third-order valence-corrected chi connectivity index (χ3v) is 6.26. The van der Waals surface area contributed by atoms with Crippen molar-refractivity contribution in [3.05, 3.63) is 0 Å². The van der Waals surface area contributed by atoms with E-state index in [9.17, 15) is 5.11 Å². The van der Waals surface area contributed by atoms with Crippen molar-refractivity contribution in [2.45, 2.75) is 58.5 Å². The molecule has 98 valence electrons. The van der Waals surface area contributed by atoms with Crippen molar-refractivity contribution in [3.63, 3.8) is 0 Å². The summed E-state index contributed by atoms with van der Waals surface area (Å²) in [5.41, 5.74) is 0.801. The van der Waals surface area contributed by atoms with Gasteiger partial charge in [0.1, 0.15) is 0 Å². The molecule has 4 atom stereocenters. The monoisotopic (exact) mass is 238 g/mol. The average Bonchev–Trinajstić information content (AvgIpc) is 2.97. The standard InChI is InChI=1S/C15H26O2/c1-13(2)6-4-7-14(3)11(13)5-8-15(10-17-15)12(14)9-16/h11-12,16H,4-10H2,1-3H3/t11?,12-,14+,15+/m1/s1. The number of hydrogen-bond donors (Lipinski definition) is 1. The van der Waals surface area contributed by atoms with Crippen LogP contribution >= 0.6 is 0 Å². The highest BCUT2D eigenvalue weighted by Gasteiger charge is 2.64. The lowest BCUT2D eigenvalue weighted by atomic mass is 9.46. The third kappa shape index (κ3) is 1.53. The molecule has 3 rings (SSSR count). The lowest BCUT2D eigenvalue weighted by Gasteiger charge is -2.58. The maximum atomic E-state index is 9.86. The summed E-state index contributed by atoms with van der Waals surface area (Å²) in [7, 11) is 0. The van der Waals surface area contributed by atoms with Crippen LogP contribution in [-0.2, 0) is 4.74 Å². The van der Waals surface area contributed by atoms with E-state index >= 15 is 0 Å². The van der Waals surface area contributed by atoms with E-state index in [4.69, 9.17) is 4.74 Å². The number of epoxide rings is 1. The van der Waals surface area contributed by atoms with Gasteiger partial charge in [-0.3, -0.25) is 0 Å². The van der Waals surface area contributed by atoms with Gasteiger partial charge in [-0.1, -0.05) is 27.2 Å². The minimum absolute atomic E-state index is 0.0629. The van der Waals surface area contributed by atoms with E-state index in [0.717, 1.165) is 12.5 Å². The van der Waals surface area contributed by atoms with Gasteiger partial charge in [-0.05, 0) is 42.4 Å². The number of ether oxygens (including phenoxy) is 1. The molecular formula is C15H26O2. The minimum atomic E-state index is 0.0629. The van der Waals surface area contributed by atoms with Gasteiger partial charge >= 0.3 is 0 Å². The van der Waals surface area contributed by atoms with Crippen molar-refractivity contribution in [1.82, 2.24) is 0 Å². The molecule has 2 heteroatoms. The molecule has 0 aromatic rings. The van der Waals surface area contributed by atoms with Gasteiger partial charge in [0.15, 0.2) is 0 Å². The predicted molar refractivity (Wildman–Crippen MR) is 67.7 cm³/mol. The van der Waals surface area contributed by atoms with Crippen LogP contribution in [-0.4, -0.2) is 23.9 Å². The molecule has 0 aromatic heterocycles. The van der Waals surface area contributed by atoms with E-state index in [1.165, 1.54) is 32.1 Å². The maximum Gasteiger partial charge on any atom is 0.0971 e. The Morgan fingerprint density at radius 2 is 1.88 bits per heavy atom. The summed E-state index contributed by atoms with van der Waals surface area (Å²) in [4.78, 5) is 0. The van der Waals surface area contributed by atoms with Crippen LogP contribution in [0, 0.1) is 22.7 Å². The van der Waals surface area contributed by atoms with Crippen LogP contribution in [0.15, 0.2) is 0 Å². The molecule has 0 bridgehead atoms. The topological polar surface area (TPSA) is 32.8 Å². The van der Waals surface area contributed by atoms with Crippen molar-refractivity contribution in [2.75, 3.05) is 13.2 Å². The summed E-state index contributed by atoms with van der Waals surface area (Å²) in [6, 6.07) is 0. The molecule has 1 unspecified atom stereocenters. The molecule has 0 aromatic carbocycles. The fourth-order valence-electron chi connectivity index (χ4n) is 5.28. The lowest BCUT2D eigenvalue weighted by molar-refractivity contribution is -0.119. The first kappa shape index (κ1) is 12.0. The van der Waals surface area contributed by atoms with Crippen LogP contribution in [0.3, 0.4) is 0 Å². The van der Waals surface area contributed by atoms with Gasteiger partial charge < -0.3 is 9.84 Å². The Labute approximate surface area is 105 Å². The Kier molecular flexibility index (Phi) is 2.45. The predicted octanol–water partition coefficient (Wildman–Crippen LogP) is 2.99. The number of hydrogen-bond acceptors (Lipinski definition) is 2. The van der Waals surface area contributed by atoms with Crippen molar-refractivity contribution >= 4 is 0 Å². The largest absolute Gasteiger partial charge is 0.396 e. The number of fused-ring (bicyclic) bond motifs is 1. The summed E-state index contributed by atoms with van der Waals surface area (Å²) >= 11 is 0. The second-order valence-corrected chi connectivity index (χ2v) is 7.53. The first-order chi connectivity index (χ1) is 7.95. The average molecular weight is 238 g/mol. The zero-order valence-electron chi connectivity index (χ0n) is 11.5. The van der Waals surface area contributed by atoms with Gasteiger partial charge in [0, 0.05) is 12.5 Å². The number of aliphatic hydroxyl groups excluding tert-OH is 1. The molecule has 1 spiro atoms. The minimum Gasteiger partial charge on any atom is -0.396 e. The summed E-state index contributed by atoms with van der Waals surface area (Å²) in [5, 5.41) is 9.86. The van der Waals surface area contributed by atoms with Crippen LogP contribution in [0.25, 0.3) is 0 Å². The van der Waals surface area contributed by atoms with Crippen molar-refractivity contribution < 1.29 is 9.84 Å². The van der Waals surface area contributed by atoms with Crippen LogP contribution in [0.1, 0.15) is 52.9 Å².